The third-order valence-corrected chi connectivity index (χ3v) is 5.14. The van der Waals surface area contributed by atoms with Gasteiger partial charge < -0.3 is 21.7 Å². The van der Waals surface area contributed by atoms with Gasteiger partial charge in [-0.2, -0.15) is 0 Å². The Kier molecular flexibility index (Phi) is 8.69. The van der Waals surface area contributed by atoms with Crippen LogP contribution in [0, 0.1) is 0 Å². The molecule has 0 aliphatic rings. The van der Waals surface area contributed by atoms with Crippen molar-refractivity contribution in [3.8, 4) is 0 Å². The average Bonchev–Trinajstić information content (AvgIpc) is 2.83. The predicted molar refractivity (Wildman–Crippen MR) is 127 cm³/mol. The van der Waals surface area contributed by atoms with Crippen LogP contribution in [-0.4, -0.2) is 25.3 Å². The van der Waals surface area contributed by atoms with Crippen molar-refractivity contribution in [3.05, 3.63) is 106 Å². The fourth-order valence-corrected chi connectivity index (χ4v) is 3.43. The summed E-state index contributed by atoms with van der Waals surface area (Å²) in [6, 6.07) is 22.8. The first-order valence-electron chi connectivity index (χ1n) is 10.7. The van der Waals surface area contributed by atoms with Crippen LogP contribution in [0.4, 0.5) is 0 Å². The molecule has 0 saturated heterocycles. The quantitative estimate of drug-likeness (QED) is 0.351. The Balaban J connectivity index is 1.48. The van der Waals surface area contributed by atoms with Crippen LogP contribution in [-0.2, 0) is 26.2 Å². The van der Waals surface area contributed by atoms with Gasteiger partial charge in [-0.1, -0.05) is 60.7 Å². The van der Waals surface area contributed by atoms with Crippen LogP contribution in [0.3, 0.4) is 0 Å². The first-order chi connectivity index (χ1) is 15.6. The molecule has 1 amide bonds. The normalized spacial score (nSPS) is 10.7. The first-order valence-corrected chi connectivity index (χ1v) is 10.7. The summed E-state index contributed by atoms with van der Waals surface area (Å²) in [5.74, 6) is -0.186. The number of benzene rings is 3. The summed E-state index contributed by atoms with van der Waals surface area (Å²) in [6.07, 6.45) is 0. The summed E-state index contributed by atoms with van der Waals surface area (Å²) in [4.78, 5) is 24.9. The molecule has 0 saturated carbocycles. The lowest BCUT2D eigenvalue weighted by molar-refractivity contribution is 0.0947. The van der Waals surface area contributed by atoms with Gasteiger partial charge in [0, 0.05) is 37.3 Å². The van der Waals surface area contributed by atoms with Crippen molar-refractivity contribution in [3.63, 3.8) is 0 Å². The second kappa shape index (κ2) is 11.9. The Bertz CT molecular complexity index is 1050. The first kappa shape index (κ1) is 23.3. The number of carbonyl (C=O) groups excluding carboxylic acids is 2. The monoisotopic (exact) mass is 430 g/mol. The van der Waals surface area contributed by atoms with Gasteiger partial charge in [0.15, 0.2) is 5.78 Å². The molecule has 3 aromatic carbocycles. The minimum Gasteiger partial charge on any atom is -0.348 e. The van der Waals surface area contributed by atoms with Crippen molar-refractivity contribution in [2.24, 2.45) is 5.73 Å². The summed E-state index contributed by atoms with van der Waals surface area (Å²) in [6.45, 7) is 2.55. The van der Waals surface area contributed by atoms with E-state index in [1.165, 1.54) is 5.56 Å². The van der Waals surface area contributed by atoms with E-state index in [0.717, 1.165) is 23.2 Å². The average molecular weight is 431 g/mol. The van der Waals surface area contributed by atoms with Crippen LogP contribution in [0.1, 0.15) is 43.0 Å². The second-order valence-electron chi connectivity index (χ2n) is 7.66. The molecule has 0 heterocycles. The molecule has 0 aromatic heterocycles. The zero-order valence-electron chi connectivity index (χ0n) is 18.4. The summed E-state index contributed by atoms with van der Waals surface area (Å²) in [5, 5.41) is 9.21. The number of hydrogen-bond donors (Lipinski definition) is 4. The smallest absolute Gasteiger partial charge is 0.251 e. The summed E-state index contributed by atoms with van der Waals surface area (Å²) in [7, 11) is 1.90. The van der Waals surface area contributed by atoms with E-state index in [0.29, 0.717) is 30.8 Å². The minimum atomic E-state index is -0.166. The molecule has 5 N–H and O–H groups in total. The molecule has 0 spiro atoms. The van der Waals surface area contributed by atoms with E-state index in [9.17, 15) is 9.59 Å². The highest BCUT2D eigenvalue weighted by Crippen LogP contribution is 2.09. The molecule has 166 valence electrons. The van der Waals surface area contributed by atoms with Gasteiger partial charge in [-0.25, -0.2) is 0 Å². The topological polar surface area (TPSA) is 96.2 Å². The van der Waals surface area contributed by atoms with Crippen LogP contribution < -0.4 is 21.7 Å². The Labute approximate surface area is 189 Å². The minimum absolute atomic E-state index is 0.0201. The molecule has 0 radical (unpaired) electrons. The van der Waals surface area contributed by atoms with Crippen LogP contribution >= 0.6 is 0 Å². The highest BCUT2D eigenvalue weighted by molar-refractivity contribution is 5.99. The fraction of sp³-hybridized carbons (Fsp3) is 0.231. The maximum atomic E-state index is 12.5. The third kappa shape index (κ3) is 6.85. The van der Waals surface area contributed by atoms with Crippen molar-refractivity contribution in [2.45, 2.75) is 26.2 Å². The fourth-order valence-electron chi connectivity index (χ4n) is 3.43. The van der Waals surface area contributed by atoms with Gasteiger partial charge in [-0.15, -0.1) is 0 Å². The number of amides is 1. The number of Topliss-reactive ketones (excluding diaryl/α,β-unsaturated/α-hetero) is 1. The van der Waals surface area contributed by atoms with Crippen molar-refractivity contribution >= 4 is 11.7 Å². The largest absolute Gasteiger partial charge is 0.348 e. The van der Waals surface area contributed by atoms with Crippen molar-refractivity contribution < 1.29 is 9.59 Å². The number of carbonyl (C=O) groups is 2. The van der Waals surface area contributed by atoms with Crippen LogP contribution in [0.5, 0.6) is 0 Å². The number of ketones is 1. The van der Waals surface area contributed by atoms with Gasteiger partial charge in [-0.3, -0.25) is 9.59 Å². The molecule has 6 nitrogen and oxygen atoms in total. The van der Waals surface area contributed by atoms with E-state index in [4.69, 9.17) is 5.73 Å². The molecule has 0 unspecified atom stereocenters. The van der Waals surface area contributed by atoms with E-state index in [1.807, 2.05) is 49.5 Å². The predicted octanol–water partition coefficient (Wildman–Crippen LogP) is 2.77. The van der Waals surface area contributed by atoms with Gasteiger partial charge in [0.25, 0.3) is 5.91 Å². The standard InChI is InChI=1S/C26H30N4O2/c1-28-15-20-5-3-7-22(13-20)17-30-26(32)24-10-8-23(9-11-24)25(31)18-29-16-21-6-2-4-19(12-21)14-27/h2-13,28-29H,14-18,27H2,1H3,(H,30,32). The lowest BCUT2D eigenvalue weighted by Gasteiger charge is -2.09. The summed E-state index contributed by atoms with van der Waals surface area (Å²) >= 11 is 0. The lowest BCUT2D eigenvalue weighted by Crippen LogP contribution is -2.24. The Morgan fingerprint density at radius 2 is 1.31 bits per heavy atom. The molecular formula is C26H30N4O2. The molecule has 32 heavy (non-hydrogen) atoms. The number of nitrogens with two attached hydrogens (primary N) is 1. The second-order valence-corrected chi connectivity index (χ2v) is 7.66. The molecule has 3 rings (SSSR count). The van der Waals surface area contributed by atoms with Crippen LogP contribution in [0.2, 0.25) is 0 Å². The number of rotatable bonds is 11. The van der Waals surface area contributed by atoms with Gasteiger partial charge >= 0.3 is 0 Å². The highest BCUT2D eigenvalue weighted by Gasteiger charge is 2.09. The van der Waals surface area contributed by atoms with Crippen LogP contribution in [0.25, 0.3) is 0 Å². The maximum Gasteiger partial charge on any atom is 0.251 e. The molecule has 0 atom stereocenters. The van der Waals surface area contributed by atoms with E-state index < -0.39 is 0 Å². The molecule has 6 heteroatoms. The molecule has 0 aliphatic heterocycles. The Morgan fingerprint density at radius 3 is 1.97 bits per heavy atom. The van der Waals surface area contributed by atoms with E-state index >= 15 is 0 Å². The number of hydrogen-bond acceptors (Lipinski definition) is 5. The van der Waals surface area contributed by atoms with Gasteiger partial charge in [-0.05, 0) is 41.4 Å². The summed E-state index contributed by atoms with van der Waals surface area (Å²) < 4.78 is 0. The van der Waals surface area contributed by atoms with Crippen LogP contribution in [0.15, 0.2) is 72.8 Å². The zero-order chi connectivity index (χ0) is 22.8. The van der Waals surface area contributed by atoms with Crippen molar-refractivity contribution in [2.75, 3.05) is 13.6 Å². The lowest BCUT2D eigenvalue weighted by atomic mass is 10.1. The highest BCUT2D eigenvalue weighted by atomic mass is 16.1. The van der Waals surface area contributed by atoms with Gasteiger partial charge in [0.1, 0.15) is 0 Å². The molecule has 3 aromatic rings. The molecule has 0 aliphatic carbocycles. The maximum absolute atomic E-state index is 12.5. The third-order valence-electron chi connectivity index (χ3n) is 5.14. The Hall–Kier alpha value is -3.32. The van der Waals surface area contributed by atoms with Gasteiger partial charge in [0.05, 0.1) is 6.54 Å². The summed E-state index contributed by atoms with van der Waals surface area (Å²) in [5.41, 5.74) is 11.1. The Morgan fingerprint density at radius 1 is 0.750 bits per heavy atom. The van der Waals surface area contributed by atoms with E-state index in [2.05, 4.69) is 22.0 Å². The number of nitrogens with one attached hydrogen (secondary N) is 3. The van der Waals surface area contributed by atoms with Crippen molar-refractivity contribution in [1.82, 2.24) is 16.0 Å². The van der Waals surface area contributed by atoms with E-state index in [1.54, 1.807) is 24.3 Å². The zero-order valence-corrected chi connectivity index (χ0v) is 18.4. The molecule has 0 fully saturated rings. The SMILES string of the molecule is CNCc1cccc(CNC(=O)c2ccc(C(=O)CNCc3cccc(CN)c3)cc2)c1. The van der Waals surface area contributed by atoms with Crippen molar-refractivity contribution in [1.29, 1.82) is 0 Å². The van der Waals surface area contributed by atoms with E-state index in [-0.39, 0.29) is 18.2 Å². The molecular weight excluding hydrogens is 400 g/mol. The van der Waals surface area contributed by atoms with Gasteiger partial charge in [0.2, 0.25) is 0 Å². The molecule has 0 bridgehead atoms.